The van der Waals surface area contributed by atoms with Crippen molar-refractivity contribution in [2.24, 2.45) is 0 Å². The summed E-state index contributed by atoms with van der Waals surface area (Å²) in [6.07, 6.45) is 2.91. The Bertz CT molecular complexity index is 706. The predicted octanol–water partition coefficient (Wildman–Crippen LogP) is 3.17. The van der Waals surface area contributed by atoms with E-state index in [0.717, 1.165) is 5.56 Å². The van der Waals surface area contributed by atoms with Gasteiger partial charge < -0.3 is 19.3 Å². The van der Waals surface area contributed by atoms with Gasteiger partial charge in [0.2, 0.25) is 0 Å². The first kappa shape index (κ1) is 16.4. The minimum Gasteiger partial charge on any atom is -0.504 e. The number of hydrogen-bond donors (Lipinski definition) is 1. The average molecular weight is 314 g/mol. The molecule has 0 spiro atoms. The van der Waals surface area contributed by atoms with Crippen molar-refractivity contribution in [2.45, 2.75) is 6.61 Å². The molecule has 0 radical (unpaired) electrons. The fourth-order valence-corrected chi connectivity index (χ4v) is 1.98. The van der Waals surface area contributed by atoms with Crippen LogP contribution in [0.15, 0.2) is 48.5 Å². The SMILES string of the molecule is COc1cc(/C=C/C(=O)OCc2ccccc2OC)ccc1O. The number of phenols is 1. The number of carbonyl (C=O) groups is 1. The van der Waals surface area contributed by atoms with Crippen molar-refractivity contribution >= 4 is 12.0 Å². The third-order valence-electron chi connectivity index (χ3n) is 3.18. The zero-order valence-electron chi connectivity index (χ0n) is 13.0. The lowest BCUT2D eigenvalue weighted by Crippen LogP contribution is -2.02. The Morgan fingerprint density at radius 3 is 2.57 bits per heavy atom. The third kappa shape index (κ3) is 4.51. The molecule has 0 atom stereocenters. The minimum absolute atomic E-state index is 0.0448. The molecule has 1 N–H and O–H groups in total. The van der Waals surface area contributed by atoms with E-state index in [-0.39, 0.29) is 12.4 Å². The molecule has 0 bridgehead atoms. The molecule has 2 aromatic carbocycles. The number of aromatic hydroxyl groups is 1. The number of para-hydroxylation sites is 1. The summed E-state index contributed by atoms with van der Waals surface area (Å²) in [6.45, 7) is 0.131. The van der Waals surface area contributed by atoms with E-state index < -0.39 is 5.97 Å². The van der Waals surface area contributed by atoms with Crippen molar-refractivity contribution < 1.29 is 24.1 Å². The molecule has 2 rings (SSSR count). The number of ether oxygens (including phenoxy) is 3. The van der Waals surface area contributed by atoms with Crippen LogP contribution in [-0.4, -0.2) is 25.3 Å². The molecule has 2 aromatic rings. The van der Waals surface area contributed by atoms with E-state index in [9.17, 15) is 9.90 Å². The highest BCUT2D eigenvalue weighted by Crippen LogP contribution is 2.26. The van der Waals surface area contributed by atoms with Crippen LogP contribution in [0.1, 0.15) is 11.1 Å². The van der Waals surface area contributed by atoms with Crippen LogP contribution in [0.5, 0.6) is 17.2 Å². The van der Waals surface area contributed by atoms with Crippen LogP contribution < -0.4 is 9.47 Å². The molecule has 0 fully saturated rings. The summed E-state index contributed by atoms with van der Waals surface area (Å²) in [4.78, 5) is 11.8. The summed E-state index contributed by atoms with van der Waals surface area (Å²) < 4.78 is 15.4. The quantitative estimate of drug-likeness (QED) is 0.655. The number of hydrogen-bond acceptors (Lipinski definition) is 5. The van der Waals surface area contributed by atoms with Crippen molar-refractivity contribution in [2.75, 3.05) is 14.2 Å². The molecule has 0 saturated heterocycles. The number of benzene rings is 2. The van der Waals surface area contributed by atoms with Gasteiger partial charge in [0, 0.05) is 11.6 Å². The van der Waals surface area contributed by atoms with E-state index in [4.69, 9.17) is 14.2 Å². The lowest BCUT2D eigenvalue weighted by molar-refractivity contribution is -0.138. The third-order valence-corrected chi connectivity index (χ3v) is 3.18. The van der Waals surface area contributed by atoms with Gasteiger partial charge in [-0.05, 0) is 29.8 Å². The molecule has 120 valence electrons. The summed E-state index contributed by atoms with van der Waals surface area (Å²) in [6, 6.07) is 12.1. The second kappa shape index (κ2) is 7.89. The van der Waals surface area contributed by atoms with E-state index in [0.29, 0.717) is 17.1 Å². The van der Waals surface area contributed by atoms with E-state index in [1.807, 2.05) is 24.3 Å². The molecule has 0 aromatic heterocycles. The van der Waals surface area contributed by atoms with Gasteiger partial charge in [0.05, 0.1) is 14.2 Å². The van der Waals surface area contributed by atoms with Crippen molar-refractivity contribution in [1.82, 2.24) is 0 Å². The second-order valence-electron chi connectivity index (χ2n) is 4.68. The van der Waals surface area contributed by atoms with E-state index in [2.05, 4.69) is 0 Å². The Morgan fingerprint density at radius 1 is 1.09 bits per heavy atom. The number of methoxy groups -OCH3 is 2. The molecule has 5 heteroatoms. The number of carbonyl (C=O) groups excluding carboxylic acids is 1. The Morgan fingerprint density at radius 2 is 1.83 bits per heavy atom. The van der Waals surface area contributed by atoms with E-state index >= 15 is 0 Å². The zero-order chi connectivity index (χ0) is 16.7. The molecule has 0 unspecified atom stereocenters. The molecule has 0 aliphatic rings. The van der Waals surface area contributed by atoms with E-state index in [1.165, 1.54) is 19.3 Å². The fraction of sp³-hybridized carbons (Fsp3) is 0.167. The number of rotatable bonds is 6. The summed E-state index contributed by atoms with van der Waals surface area (Å²) in [5.74, 6) is 0.591. The summed E-state index contributed by atoms with van der Waals surface area (Å²) >= 11 is 0. The van der Waals surface area contributed by atoms with Crippen molar-refractivity contribution in [3.63, 3.8) is 0 Å². The topological polar surface area (TPSA) is 65.0 Å². The van der Waals surface area contributed by atoms with Gasteiger partial charge in [-0.25, -0.2) is 4.79 Å². The Kier molecular flexibility index (Phi) is 5.63. The van der Waals surface area contributed by atoms with Gasteiger partial charge >= 0.3 is 5.97 Å². The largest absolute Gasteiger partial charge is 0.504 e. The standard InChI is InChI=1S/C18H18O5/c1-21-16-6-4-3-5-14(16)12-23-18(20)10-8-13-7-9-15(19)17(11-13)22-2/h3-11,19H,12H2,1-2H3/b10-8+. The Labute approximate surface area is 134 Å². The van der Waals surface area contributed by atoms with Crippen molar-refractivity contribution in [3.8, 4) is 17.2 Å². The normalized spacial score (nSPS) is 10.5. The van der Waals surface area contributed by atoms with Crippen LogP contribution in [0.3, 0.4) is 0 Å². The van der Waals surface area contributed by atoms with Gasteiger partial charge in [0.25, 0.3) is 0 Å². The average Bonchev–Trinajstić information content (AvgIpc) is 2.59. The van der Waals surface area contributed by atoms with Gasteiger partial charge in [-0.3, -0.25) is 0 Å². The van der Waals surface area contributed by atoms with Gasteiger partial charge in [0.15, 0.2) is 11.5 Å². The van der Waals surface area contributed by atoms with Crippen LogP contribution in [0.2, 0.25) is 0 Å². The van der Waals surface area contributed by atoms with Crippen molar-refractivity contribution in [1.29, 1.82) is 0 Å². The van der Waals surface area contributed by atoms with Gasteiger partial charge in [-0.15, -0.1) is 0 Å². The first-order valence-corrected chi connectivity index (χ1v) is 6.97. The maximum Gasteiger partial charge on any atom is 0.331 e. The molecule has 0 amide bonds. The zero-order valence-corrected chi connectivity index (χ0v) is 13.0. The second-order valence-corrected chi connectivity index (χ2v) is 4.68. The molecule has 0 saturated carbocycles. The lowest BCUT2D eigenvalue weighted by Gasteiger charge is -2.07. The van der Waals surface area contributed by atoms with Crippen LogP contribution in [0.4, 0.5) is 0 Å². The van der Waals surface area contributed by atoms with Crippen LogP contribution in [0.25, 0.3) is 6.08 Å². The molecule has 23 heavy (non-hydrogen) atoms. The minimum atomic E-state index is -0.469. The highest BCUT2D eigenvalue weighted by atomic mass is 16.5. The Hall–Kier alpha value is -2.95. The number of esters is 1. The molecular weight excluding hydrogens is 296 g/mol. The van der Waals surface area contributed by atoms with Crippen LogP contribution >= 0.6 is 0 Å². The smallest absolute Gasteiger partial charge is 0.331 e. The maximum absolute atomic E-state index is 11.8. The fourth-order valence-electron chi connectivity index (χ4n) is 1.98. The first-order valence-electron chi connectivity index (χ1n) is 6.97. The highest BCUT2D eigenvalue weighted by molar-refractivity contribution is 5.87. The maximum atomic E-state index is 11.8. The molecule has 5 nitrogen and oxygen atoms in total. The monoisotopic (exact) mass is 314 g/mol. The lowest BCUT2D eigenvalue weighted by atomic mass is 10.2. The van der Waals surface area contributed by atoms with Crippen LogP contribution in [-0.2, 0) is 16.1 Å². The molecule has 0 heterocycles. The van der Waals surface area contributed by atoms with Crippen molar-refractivity contribution in [3.05, 3.63) is 59.7 Å². The highest BCUT2D eigenvalue weighted by Gasteiger charge is 2.05. The molecule has 0 aliphatic heterocycles. The van der Waals surface area contributed by atoms with Gasteiger partial charge in [-0.1, -0.05) is 24.3 Å². The first-order chi connectivity index (χ1) is 11.1. The summed E-state index contributed by atoms with van der Waals surface area (Å²) in [5.41, 5.74) is 1.51. The summed E-state index contributed by atoms with van der Waals surface area (Å²) in [5, 5.41) is 9.52. The Balaban J connectivity index is 1.96. The van der Waals surface area contributed by atoms with Gasteiger partial charge in [-0.2, -0.15) is 0 Å². The predicted molar refractivity (Wildman–Crippen MR) is 86.5 cm³/mol. The van der Waals surface area contributed by atoms with E-state index in [1.54, 1.807) is 25.3 Å². The summed E-state index contributed by atoms with van der Waals surface area (Å²) in [7, 11) is 3.03. The molecular formula is C18H18O5. The van der Waals surface area contributed by atoms with Crippen LogP contribution in [0, 0.1) is 0 Å². The van der Waals surface area contributed by atoms with Gasteiger partial charge in [0.1, 0.15) is 12.4 Å². The molecule has 0 aliphatic carbocycles. The number of phenolic OH excluding ortho intramolecular Hbond substituents is 1.